The predicted molar refractivity (Wildman–Crippen MR) is 130 cm³/mol. The maximum Gasteiger partial charge on any atom is 0.322 e. The first kappa shape index (κ1) is 22.6. The Morgan fingerprint density at radius 2 is 1.64 bits per heavy atom. The molecule has 33 heavy (non-hydrogen) atoms. The Labute approximate surface area is 195 Å². The van der Waals surface area contributed by atoms with Crippen LogP contribution in [0.3, 0.4) is 0 Å². The number of benzene rings is 3. The van der Waals surface area contributed by atoms with Crippen molar-refractivity contribution in [3.8, 4) is 0 Å². The maximum atomic E-state index is 13.4. The molecule has 5 nitrogen and oxygen atoms in total. The summed E-state index contributed by atoms with van der Waals surface area (Å²) in [5.41, 5.74) is 4.48. The molecule has 0 radical (unpaired) electrons. The lowest BCUT2D eigenvalue weighted by Crippen LogP contribution is -2.35. The molecule has 0 unspecified atom stereocenters. The van der Waals surface area contributed by atoms with Crippen molar-refractivity contribution in [3.05, 3.63) is 110 Å². The van der Waals surface area contributed by atoms with Gasteiger partial charge < -0.3 is 15.2 Å². The van der Waals surface area contributed by atoms with Crippen LogP contribution in [0.2, 0.25) is 5.02 Å². The van der Waals surface area contributed by atoms with Crippen LogP contribution in [0.25, 0.3) is 10.9 Å². The van der Waals surface area contributed by atoms with E-state index in [1.807, 2.05) is 32.0 Å². The molecule has 0 aliphatic heterocycles. The molecule has 0 fully saturated rings. The standard InChI is InChI=1S/C26H23ClFN3O2/c1-16-11-19-13-20(25(32)30-24(19)12-17(16)2)15-31(14-18-3-7-22(28)8-4-18)26(33)29-23-9-5-21(27)6-10-23/h3-13H,14-15H2,1-2H3,(H,29,33)(H,30,32). The summed E-state index contributed by atoms with van der Waals surface area (Å²) >= 11 is 5.93. The monoisotopic (exact) mass is 463 g/mol. The Morgan fingerprint density at radius 1 is 0.970 bits per heavy atom. The van der Waals surface area contributed by atoms with Crippen molar-refractivity contribution in [3.63, 3.8) is 0 Å². The van der Waals surface area contributed by atoms with Crippen LogP contribution in [0.15, 0.2) is 71.5 Å². The van der Waals surface area contributed by atoms with Crippen molar-refractivity contribution in [2.75, 3.05) is 5.32 Å². The van der Waals surface area contributed by atoms with Gasteiger partial charge in [-0.25, -0.2) is 9.18 Å². The molecule has 7 heteroatoms. The Balaban J connectivity index is 1.66. The summed E-state index contributed by atoms with van der Waals surface area (Å²) in [5, 5.41) is 4.29. The number of aromatic amines is 1. The van der Waals surface area contributed by atoms with E-state index in [0.717, 1.165) is 27.6 Å². The van der Waals surface area contributed by atoms with E-state index in [1.165, 1.54) is 17.0 Å². The van der Waals surface area contributed by atoms with E-state index in [0.29, 0.717) is 16.3 Å². The number of aryl methyl sites for hydroxylation is 2. The van der Waals surface area contributed by atoms with E-state index < -0.39 is 0 Å². The number of rotatable bonds is 5. The second-order valence-corrected chi connectivity index (χ2v) is 8.50. The van der Waals surface area contributed by atoms with Gasteiger partial charge in [-0.2, -0.15) is 0 Å². The van der Waals surface area contributed by atoms with Crippen LogP contribution in [-0.2, 0) is 13.1 Å². The fourth-order valence-electron chi connectivity index (χ4n) is 3.59. The molecule has 1 heterocycles. The highest BCUT2D eigenvalue weighted by molar-refractivity contribution is 6.30. The van der Waals surface area contributed by atoms with Gasteiger partial charge in [0.1, 0.15) is 5.82 Å². The molecule has 2 amide bonds. The number of H-pyrrole nitrogens is 1. The lowest BCUT2D eigenvalue weighted by molar-refractivity contribution is 0.206. The van der Waals surface area contributed by atoms with Gasteiger partial charge in [-0.1, -0.05) is 23.7 Å². The number of halogens is 2. The number of carbonyl (C=O) groups excluding carboxylic acids is 1. The number of carbonyl (C=O) groups is 1. The molecule has 0 spiro atoms. The van der Waals surface area contributed by atoms with Gasteiger partial charge in [0.15, 0.2) is 0 Å². The number of urea groups is 1. The van der Waals surface area contributed by atoms with Crippen LogP contribution in [0, 0.1) is 19.7 Å². The first-order chi connectivity index (χ1) is 15.8. The lowest BCUT2D eigenvalue weighted by atomic mass is 10.0. The molecule has 168 valence electrons. The summed E-state index contributed by atoms with van der Waals surface area (Å²) in [6, 6.07) is 18.1. The zero-order valence-electron chi connectivity index (χ0n) is 18.3. The van der Waals surface area contributed by atoms with Gasteiger partial charge in [0.05, 0.1) is 6.54 Å². The number of hydrogen-bond acceptors (Lipinski definition) is 2. The Kier molecular flexibility index (Phi) is 6.47. The fourth-order valence-corrected chi connectivity index (χ4v) is 3.72. The van der Waals surface area contributed by atoms with E-state index in [-0.39, 0.29) is 30.5 Å². The SMILES string of the molecule is Cc1cc2cc(CN(Cc3ccc(F)cc3)C(=O)Nc3ccc(Cl)cc3)c(=O)[nH]c2cc1C. The summed E-state index contributed by atoms with van der Waals surface area (Å²) in [7, 11) is 0. The Bertz CT molecular complexity index is 1370. The normalized spacial score (nSPS) is 10.9. The van der Waals surface area contributed by atoms with Gasteiger partial charge in [0.2, 0.25) is 0 Å². The number of aromatic nitrogens is 1. The summed E-state index contributed by atoms with van der Waals surface area (Å²) < 4.78 is 13.4. The smallest absolute Gasteiger partial charge is 0.322 e. The third kappa shape index (κ3) is 5.41. The minimum Gasteiger partial charge on any atom is -0.322 e. The highest BCUT2D eigenvalue weighted by Crippen LogP contribution is 2.19. The van der Waals surface area contributed by atoms with Crippen molar-refractivity contribution >= 4 is 34.2 Å². The van der Waals surface area contributed by atoms with Gasteiger partial charge in [-0.3, -0.25) is 4.79 Å². The average Bonchev–Trinajstić information content (AvgIpc) is 2.78. The van der Waals surface area contributed by atoms with Gasteiger partial charge in [0, 0.05) is 28.3 Å². The average molecular weight is 464 g/mol. The molecule has 2 N–H and O–H groups in total. The summed E-state index contributed by atoms with van der Waals surface area (Å²) in [6.07, 6.45) is 0. The first-order valence-electron chi connectivity index (χ1n) is 10.5. The highest BCUT2D eigenvalue weighted by Gasteiger charge is 2.17. The van der Waals surface area contributed by atoms with Crippen LogP contribution >= 0.6 is 11.6 Å². The van der Waals surface area contributed by atoms with Crippen molar-refractivity contribution < 1.29 is 9.18 Å². The quantitative estimate of drug-likeness (QED) is 0.371. The third-order valence-corrected chi connectivity index (χ3v) is 5.82. The van der Waals surface area contributed by atoms with E-state index in [4.69, 9.17) is 11.6 Å². The van der Waals surface area contributed by atoms with Crippen LogP contribution in [0.5, 0.6) is 0 Å². The van der Waals surface area contributed by atoms with Crippen LogP contribution < -0.4 is 10.9 Å². The van der Waals surface area contributed by atoms with Crippen LogP contribution in [0.4, 0.5) is 14.9 Å². The number of nitrogens with zero attached hydrogens (tertiary/aromatic N) is 1. The van der Waals surface area contributed by atoms with Gasteiger partial charge >= 0.3 is 6.03 Å². The van der Waals surface area contributed by atoms with Crippen LogP contribution in [-0.4, -0.2) is 15.9 Å². The Hall–Kier alpha value is -3.64. The molecular weight excluding hydrogens is 441 g/mol. The molecule has 0 saturated carbocycles. The van der Waals surface area contributed by atoms with Gasteiger partial charge in [-0.15, -0.1) is 0 Å². The second kappa shape index (κ2) is 9.46. The van der Waals surface area contributed by atoms with E-state index in [9.17, 15) is 14.0 Å². The molecular formula is C26H23ClFN3O2. The number of nitrogens with one attached hydrogen (secondary N) is 2. The van der Waals surface area contributed by atoms with E-state index >= 15 is 0 Å². The summed E-state index contributed by atoms with van der Waals surface area (Å²) in [5.74, 6) is -0.354. The maximum absolute atomic E-state index is 13.4. The molecule has 0 saturated heterocycles. The van der Waals surface area contributed by atoms with Gasteiger partial charge in [0.25, 0.3) is 5.56 Å². The summed E-state index contributed by atoms with van der Waals surface area (Å²) in [4.78, 5) is 30.4. The minimum absolute atomic E-state index is 0.0784. The van der Waals surface area contributed by atoms with Crippen LogP contribution in [0.1, 0.15) is 22.3 Å². The zero-order chi connectivity index (χ0) is 23.5. The number of amides is 2. The molecule has 0 bridgehead atoms. The van der Waals surface area contributed by atoms with Crippen molar-refractivity contribution in [1.29, 1.82) is 0 Å². The van der Waals surface area contributed by atoms with E-state index in [1.54, 1.807) is 36.4 Å². The van der Waals surface area contributed by atoms with Crippen molar-refractivity contribution in [2.45, 2.75) is 26.9 Å². The number of pyridine rings is 1. The third-order valence-electron chi connectivity index (χ3n) is 5.57. The summed E-state index contributed by atoms with van der Waals surface area (Å²) in [6.45, 7) is 4.28. The van der Waals surface area contributed by atoms with Crippen molar-refractivity contribution in [2.24, 2.45) is 0 Å². The zero-order valence-corrected chi connectivity index (χ0v) is 19.0. The highest BCUT2D eigenvalue weighted by atomic mass is 35.5. The van der Waals surface area contributed by atoms with E-state index in [2.05, 4.69) is 10.3 Å². The lowest BCUT2D eigenvalue weighted by Gasteiger charge is -2.23. The Morgan fingerprint density at radius 3 is 2.33 bits per heavy atom. The topological polar surface area (TPSA) is 65.2 Å². The van der Waals surface area contributed by atoms with Crippen molar-refractivity contribution in [1.82, 2.24) is 9.88 Å². The molecule has 0 aliphatic carbocycles. The molecule has 0 atom stereocenters. The molecule has 4 aromatic rings. The minimum atomic E-state index is -0.388. The molecule has 0 aliphatic rings. The molecule has 3 aromatic carbocycles. The number of anilines is 1. The number of fused-ring (bicyclic) bond motifs is 1. The predicted octanol–water partition coefficient (Wildman–Crippen LogP) is 6.17. The first-order valence-corrected chi connectivity index (χ1v) is 10.9. The largest absolute Gasteiger partial charge is 0.322 e. The van der Waals surface area contributed by atoms with Gasteiger partial charge in [-0.05, 0) is 90.5 Å². The molecule has 4 rings (SSSR count). The number of hydrogen-bond donors (Lipinski definition) is 2. The second-order valence-electron chi connectivity index (χ2n) is 8.07. The molecule has 1 aromatic heterocycles. The fraction of sp³-hybridized carbons (Fsp3) is 0.154.